The summed E-state index contributed by atoms with van der Waals surface area (Å²) in [5, 5.41) is 3.51. The molecule has 29 heavy (non-hydrogen) atoms. The van der Waals surface area contributed by atoms with Crippen LogP contribution in [-0.4, -0.2) is 36.6 Å². The second kappa shape index (κ2) is 7.13. The average Bonchev–Trinajstić information content (AvgIpc) is 3.02. The van der Waals surface area contributed by atoms with Crippen molar-refractivity contribution in [2.45, 2.75) is 37.8 Å². The van der Waals surface area contributed by atoms with Crippen molar-refractivity contribution in [3.8, 4) is 0 Å². The van der Waals surface area contributed by atoms with Crippen LogP contribution < -0.4 is 10.5 Å². The Labute approximate surface area is 166 Å². The first-order valence-electron chi connectivity index (χ1n) is 8.89. The second-order valence-corrected chi connectivity index (χ2v) is 7.98. The number of fused-ring (bicyclic) bond motifs is 1. The van der Waals surface area contributed by atoms with Crippen molar-refractivity contribution < 1.29 is 22.6 Å². The van der Waals surface area contributed by atoms with Crippen molar-refractivity contribution in [1.29, 1.82) is 0 Å². The lowest BCUT2D eigenvalue weighted by atomic mass is 10.0. The van der Waals surface area contributed by atoms with E-state index < -0.39 is 23.1 Å². The molecule has 2 fully saturated rings. The third-order valence-corrected chi connectivity index (χ3v) is 6.13. The molecule has 2 aromatic rings. The van der Waals surface area contributed by atoms with Crippen molar-refractivity contribution in [2.75, 3.05) is 24.6 Å². The lowest BCUT2D eigenvalue weighted by Crippen LogP contribution is -2.45. The van der Waals surface area contributed by atoms with Gasteiger partial charge < -0.3 is 14.4 Å². The molecule has 1 aromatic heterocycles. The van der Waals surface area contributed by atoms with E-state index in [1.165, 1.54) is 0 Å². The Kier molecular flexibility index (Phi) is 4.89. The van der Waals surface area contributed by atoms with Crippen LogP contribution in [0.4, 0.5) is 24.0 Å². The molecular weight excluding hydrogens is 411 g/mol. The molecule has 8 nitrogen and oxygen atoms in total. The van der Waals surface area contributed by atoms with Gasteiger partial charge in [0.05, 0.1) is 34.0 Å². The van der Waals surface area contributed by atoms with Crippen LogP contribution >= 0.6 is 11.3 Å². The van der Waals surface area contributed by atoms with Gasteiger partial charge in [0.2, 0.25) is 0 Å². The van der Waals surface area contributed by atoms with E-state index in [0.717, 1.165) is 23.5 Å². The Balaban J connectivity index is 1.71. The van der Waals surface area contributed by atoms with Crippen LogP contribution in [0.2, 0.25) is 0 Å². The van der Waals surface area contributed by atoms with E-state index in [-0.39, 0.29) is 21.9 Å². The van der Waals surface area contributed by atoms with Crippen LogP contribution in [0.25, 0.3) is 20.5 Å². The van der Waals surface area contributed by atoms with Crippen molar-refractivity contribution in [1.82, 2.24) is 4.98 Å². The molecule has 0 bridgehead atoms. The second-order valence-electron chi connectivity index (χ2n) is 7.00. The number of anilines is 1. The maximum absolute atomic E-state index is 13.1. The third kappa shape index (κ3) is 3.76. The van der Waals surface area contributed by atoms with Gasteiger partial charge in [-0.05, 0) is 24.6 Å². The number of hydrogen-bond acceptors (Lipinski definition) is 7. The van der Waals surface area contributed by atoms with Gasteiger partial charge in [-0.25, -0.2) is 0 Å². The Morgan fingerprint density at radius 2 is 2.10 bits per heavy atom. The zero-order valence-electron chi connectivity index (χ0n) is 15.3. The fourth-order valence-corrected chi connectivity index (χ4v) is 4.65. The van der Waals surface area contributed by atoms with E-state index in [2.05, 4.69) is 15.0 Å². The molecule has 0 amide bonds. The number of halogens is 3. The van der Waals surface area contributed by atoms with E-state index in [0.29, 0.717) is 37.7 Å². The number of azide groups is 1. The van der Waals surface area contributed by atoms with Crippen LogP contribution in [0.3, 0.4) is 0 Å². The first-order chi connectivity index (χ1) is 13.7. The molecule has 3 heterocycles. The zero-order chi connectivity index (χ0) is 20.8. The molecule has 1 atom stereocenters. The molecule has 0 radical (unpaired) electrons. The summed E-state index contributed by atoms with van der Waals surface area (Å²) in [4.78, 5) is 20.9. The highest BCUT2D eigenvalue weighted by Gasteiger charge is 2.43. The van der Waals surface area contributed by atoms with E-state index in [1.54, 1.807) is 0 Å². The highest BCUT2D eigenvalue weighted by Crippen LogP contribution is 2.40. The largest absolute Gasteiger partial charge is 0.416 e. The highest BCUT2D eigenvalue weighted by molar-refractivity contribution is 7.22. The van der Waals surface area contributed by atoms with Crippen molar-refractivity contribution in [3.63, 3.8) is 0 Å². The van der Waals surface area contributed by atoms with Crippen LogP contribution in [-0.2, 0) is 15.7 Å². The van der Waals surface area contributed by atoms with Crippen molar-refractivity contribution in [3.05, 3.63) is 38.5 Å². The lowest BCUT2D eigenvalue weighted by molar-refractivity contribution is -0.178. The van der Waals surface area contributed by atoms with Crippen molar-refractivity contribution in [2.24, 2.45) is 5.11 Å². The van der Waals surface area contributed by atoms with Gasteiger partial charge in [0.25, 0.3) is 5.56 Å². The minimum absolute atomic E-state index is 0.0191. The highest BCUT2D eigenvalue weighted by atomic mass is 32.1. The maximum Gasteiger partial charge on any atom is 0.416 e. The van der Waals surface area contributed by atoms with Gasteiger partial charge >= 0.3 is 6.18 Å². The number of ether oxygens (including phenoxy) is 2. The number of alkyl halides is 3. The van der Waals surface area contributed by atoms with Crippen molar-refractivity contribution >= 4 is 32.2 Å². The zero-order valence-corrected chi connectivity index (χ0v) is 16.1. The van der Waals surface area contributed by atoms with Gasteiger partial charge in [0.15, 0.2) is 10.9 Å². The van der Waals surface area contributed by atoms with Crippen LogP contribution in [0.5, 0.6) is 0 Å². The van der Waals surface area contributed by atoms with Gasteiger partial charge in [0.1, 0.15) is 0 Å². The molecule has 1 unspecified atom stereocenters. The summed E-state index contributed by atoms with van der Waals surface area (Å²) < 4.78 is 51.2. The SMILES string of the molecule is CC1COC2(CCN(c3nc(=O)c4cc(C(F)(F)F)cc(N=[N+]=[N-])c4s3)CC2)O1. The first-order valence-corrected chi connectivity index (χ1v) is 9.70. The summed E-state index contributed by atoms with van der Waals surface area (Å²) in [5.41, 5.74) is 6.65. The number of benzene rings is 1. The summed E-state index contributed by atoms with van der Waals surface area (Å²) in [6.45, 7) is 3.49. The quantitative estimate of drug-likeness (QED) is 0.403. The fourth-order valence-electron chi connectivity index (χ4n) is 3.57. The minimum atomic E-state index is -4.68. The number of nitrogens with zero attached hydrogens (tertiary/aromatic N) is 5. The van der Waals surface area contributed by atoms with E-state index in [1.807, 2.05) is 11.8 Å². The van der Waals surface area contributed by atoms with Gasteiger partial charge in [-0.2, -0.15) is 18.2 Å². The summed E-state index contributed by atoms with van der Waals surface area (Å²) in [6.07, 6.45) is -3.50. The first kappa shape index (κ1) is 19.9. The maximum atomic E-state index is 13.1. The van der Waals surface area contributed by atoms with Gasteiger partial charge in [0, 0.05) is 30.8 Å². The lowest BCUT2D eigenvalue weighted by Gasteiger charge is -2.38. The Morgan fingerprint density at radius 1 is 1.38 bits per heavy atom. The monoisotopic (exact) mass is 427 g/mol. The summed E-state index contributed by atoms with van der Waals surface area (Å²) >= 11 is 1.03. The summed E-state index contributed by atoms with van der Waals surface area (Å²) in [7, 11) is 0. The molecule has 1 spiro atoms. The van der Waals surface area contributed by atoms with Gasteiger partial charge in [-0.3, -0.25) is 4.79 Å². The smallest absolute Gasteiger partial charge is 0.348 e. The average molecular weight is 427 g/mol. The number of rotatable bonds is 2. The van der Waals surface area contributed by atoms with Crippen LogP contribution in [0, 0.1) is 0 Å². The van der Waals surface area contributed by atoms with Crippen LogP contribution in [0.1, 0.15) is 25.3 Å². The Bertz CT molecular complexity index is 1060. The molecule has 0 aliphatic carbocycles. The fraction of sp³-hybridized carbons (Fsp3) is 0.529. The Morgan fingerprint density at radius 3 is 2.69 bits per heavy atom. The predicted octanol–water partition coefficient (Wildman–Crippen LogP) is 4.35. The molecule has 2 aliphatic rings. The summed E-state index contributed by atoms with van der Waals surface area (Å²) in [6, 6.07) is 1.49. The molecular formula is C17H16F3N5O3S. The number of hydrogen-bond donors (Lipinski definition) is 0. The molecule has 4 rings (SSSR count). The molecule has 0 N–H and O–H groups in total. The number of aromatic nitrogens is 1. The van der Waals surface area contributed by atoms with Gasteiger partial charge in [-0.15, -0.1) is 0 Å². The molecule has 1 aromatic carbocycles. The normalized spacial score (nSPS) is 21.5. The van der Waals surface area contributed by atoms with E-state index in [9.17, 15) is 18.0 Å². The molecule has 2 aliphatic heterocycles. The van der Waals surface area contributed by atoms with Gasteiger partial charge in [-0.1, -0.05) is 16.5 Å². The topological polar surface area (TPSA) is 100 Å². The number of piperidine rings is 1. The standard InChI is InChI=1S/C17H16F3N5O3S/c1-9-8-27-16(28-9)2-4-25(5-3-16)15-22-14(26)11-6-10(17(18,19)20)7-12(23-24-21)13(11)29-15/h6-7,9H,2-5,8H2,1H3. The molecule has 12 heteroatoms. The predicted molar refractivity (Wildman–Crippen MR) is 100 cm³/mol. The van der Waals surface area contributed by atoms with E-state index >= 15 is 0 Å². The third-order valence-electron chi connectivity index (χ3n) is 4.96. The molecule has 154 valence electrons. The van der Waals surface area contributed by atoms with E-state index in [4.69, 9.17) is 15.0 Å². The Hall–Kier alpha value is -2.40. The van der Waals surface area contributed by atoms with Crippen LogP contribution in [0.15, 0.2) is 22.0 Å². The summed E-state index contributed by atoms with van der Waals surface area (Å²) in [5.74, 6) is -0.629. The molecule has 0 saturated carbocycles. The molecule has 2 saturated heterocycles. The minimum Gasteiger partial charge on any atom is -0.348 e.